The van der Waals surface area contributed by atoms with Gasteiger partial charge in [-0.2, -0.15) is 0 Å². The van der Waals surface area contributed by atoms with Crippen molar-refractivity contribution in [2.45, 2.75) is 5.92 Å². The van der Waals surface area contributed by atoms with Gasteiger partial charge in [0.2, 0.25) is 5.88 Å². The molecule has 0 saturated heterocycles. The van der Waals surface area contributed by atoms with Crippen LogP contribution in [0.1, 0.15) is 22.6 Å². The first-order valence-electron chi connectivity index (χ1n) is 8.15. The molecule has 2 heterocycles. The van der Waals surface area contributed by atoms with E-state index in [1.54, 1.807) is 0 Å². The van der Waals surface area contributed by atoms with Crippen molar-refractivity contribution in [1.82, 2.24) is 9.97 Å². The van der Waals surface area contributed by atoms with Gasteiger partial charge in [-0.25, -0.2) is 4.98 Å². The van der Waals surface area contributed by atoms with Gasteiger partial charge in [0.05, 0.1) is 11.9 Å². The maximum absolute atomic E-state index is 12.6. The number of aromatic nitrogens is 2. The van der Waals surface area contributed by atoms with Gasteiger partial charge < -0.3 is 9.72 Å². The number of H-pyrrole nitrogens is 1. The van der Waals surface area contributed by atoms with E-state index >= 15 is 0 Å². The summed E-state index contributed by atoms with van der Waals surface area (Å²) in [6.45, 7) is 0. The van der Waals surface area contributed by atoms with Crippen LogP contribution in [0.15, 0.2) is 77.9 Å². The van der Waals surface area contributed by atoms with Gasteiger partial charge in [-0.05, 0) is 22.4 Å². The molecule has 5 rings (SSSR count). The molecule has 0 amide bonds. The molecule has 0 bridgehead atoms. The molecule has 1 N–H and O–H groups in total. The summed E-state index contributed by atoms with van der Waals surface area (Å²) < 4.78 is 5.99. The molecule has 0 saturated carbocycles. The molecule has 120 valence electrons. The Morgan fingerprint density at radius 1 is 0.880 bits per heavy atom. The molecular weight excluding hydrogens is 312 g/mol. The van der Waals surface area contributed by atoms with Crippen LogP contribution < -0.4 is 10.3 Å². The maximum Gasteiger partial charge on any atom is 0.258 e. The molecule has 1 aliphatic heterocycles. The largest absolute Gasteiger partial charge is 0.438 e. The van der Waals surface area contributed by atoms with Crippen LogP contribution in [0.3, 0.4) is 0 Å². The van der Waals surface area contributed by atoms with Crippen LogP contribution in [0.25, 0.3) is 10.8 Å². The molecular formula is C21H14N2O2. The number of rotatable bonds is 1. The fourth-order valence-electron chi connectivity index (χ4n) is 3.62. The Balaban J connectivity index is 1.91. The summed E-state index contributed by atoms with van der Waals surface area (Å²) in [4.78, 5) is 19.6. The maximum atomic E-state index is 12.6. The van der Waals surface area contributed by atoms with E-state index in [0.717, 1.165) is 27.6 Å². The average Bonchev–Trinajstić information content (AvgIpc) is 2.67. The third-order valence-electron chi connectivity index (χ3n) is 4.70. The highest BCUT2D eigenvalue weighted by atomic mass is 16.5. The van der Waals surface area contributed by atoms with Gasteiger partial charge in [0.1, 0.15) is 5.75 Å². The van der Waals surface area contributed by atoms with Gasteiger partial charge in [0.15, 0.2) is 0 Å². The van der Waals surface area contributed by atoms with E-state index < -0.39 is 0 Å². The number of benzene rings is 3. The second kappa shape index (κ2) is 5.31. The number of nitrogens with zero attached hydrogens (tertiary/aromatic N) is 1. The van der Waals surface area contributed by atoms with Gasteiger partial charge in [-0.1, -0.05) is 60.7 Å². The van der Waals surface area contributed by atoms with Crippen molar-refractivity contribution in [3.8, 4) is 11.6 Å². The van der Waals surface area contributed by atoms with Crippen molar-refractivity contribution in [1.29, 1.82) is 0 Å². The number of hydrogen-bond donors (Lipinski definition) is 1. The van der Waals surface area contributed by atoms with Crippen molar-refractivity contribution in [3.05, 3.63) is 100 Å². The van der Waals surface area contributed by atoms with Crippen molar-refractivity contribution in [2.24, 2.45) is 0 Å². The summed E-state index contributed by atoms with van der Waals surface area (Å²) >= 11 is 0. The van der Waals surface area contributed by atoms with Crippen LogP contribution >= 0.6 is 0 Å². The van der Waals surface area contributed by atoms with Crippen molar-refractivity contribution in [2.75, 3.05) is 0 Å². The summed E-state index contributed by atoms with van der Waals surface area (Å²) in [5, 5.41) is 2.21. The molecule has 1 atom stereocenters. The first-order valence-corrected chi connectivity index (χ1v) is 8.15. The average molecular weight is 326 g/mol. The second-order valence-corrected chi connectivity index (χ2v) is 6.09. The smallest absolute Gasteiger partial charge is 0.258 e. The monoisotopic (exact) mass is 326 g/mol. The molecule has 0 radical (unpaired) electrons. The molecule has 0 aliphatic carbocycles. The fraction of sp³-hybridized carbons (Fsp3) is 0.0476. The third kappa shape index (κ3) is 2.08. The lowest BCUT2D eigenvalue weighted by Gasteiger charge is -2.28. The fourth-order valence-corrected chi connectivity index (χ4v) is 3.62. The zero-order valence-electron chi connectivity index (χ0n) is 13.3. The van der Waals surface area contributed by atoms with E-state index in [1.165, 1.54) is 6.33 Å². The molecule has 0 fully saturated rings. The van der Waals surface area contributed by atoms with E-state index in [0.29, 0.717) is 11.4 Å². The number of ether oxygens (including phenoxy) is 1. The molecule has 3 aromatic carbocycles. The Hall–Kier alpha value is -3.40. The van der Waals surface area contributed by atoms with Crippen LogP contribution in [-0.2, 0) is 0 Å². The summed E-state index contributed by atoms with van der Waals surface area (Å²) in [6.07, 6.45) is 1.38. The van der Waals surface area contributed by atoms with Crippen molar-refractivity contribution < 1.29 is 4.74 Å². The highest BCUT2D eigenvalue weighted by Crippen LogP contribution is 2.47. The molecule has 1 aromatic heterocycles. The number of hydrogen-bond acceptors (Lipinski definition) is 3. The predicted molar refractivity (Wildman–Crippen MR) is 96.3 cm³/mol. The molecule has 1 aliphatic rings. The Bertz CT molecular complexity index is 1150. The zero-order chi connectivity index (χ0) is 16.8. The number of aromatic amines is 1. The minimum Gasteiger partial charge on any atom is -0.438 e. The normalized spacial score (nSPS) is 15.3. The van der Waals surface area contributed by atoms with E-state index in [-0.39, 0.29) is 11.5 Å². The van der Waals surface area contributed by atoms with Gasteiger partial charge in [0, 0.05) is 11.5 Å². The van der Waals surface area contributed by atoms with E-state index in [4.69, 9.17) is 4.74 Å². The van der Waals surface area contributed by atoms with Gasteiger partial charge in [0.25, 0.3) is 5.56 Å². The Morgan fingerprint density at radius 2 is 1.68 bits per heavy atom. The Morgan fingerprint density at radius 3 is 2.56 bits per heavy atom. The first-order chi connectivity index (χ1) is 12.3. The van der Waals surface area contributed by atoms with Gasteiger partial charge >= 0.3 is 0 Å². The highest BCUT2D eigenvalue weighted by Gasteiger charge is 2.33. The quantitative estimate of drug-likeness (QED) is 0.502. The summed E-state index contributed by atoms with van der Waals surface area (Å²) in [5.41, 5.74) is 2.44. The first kappa shape index (κ1) is 14.0. The summed E-state index contributed by atoms with van der Waals surface area (Å²) in [5.74, 6) is 0.905. The Kier molecular flexibility index (Phi) is 2.97. The third-order valence-corrected chi connectivity index (χ3v) is 4.70. The standard InChI is InChI=1S/C21H14N2O2/c24-20-19-17(14-7-2-1-3-8-14)18-15-9-5-4-6-13(15)10-11-16(18)25-21(19)23-12-22-20/h1-12,17H,(H,22,23,24). The van der Waals surface area contributed by atoms with Gasteiger partial charge in [-0.3, -0.25) is 4.79 Å². The van der Waals surface area contributed by atoms with E-state index in [9.17, 15) is 4.79 Å². The van der Waals surface area contributed by atoms with Crippen molar-refractivity contribution in [3.63, 3.8) is 0 Å². The van der Waals surface area contributed by atoms with Gasteiger partial charge in [-0.15, -0.1) is 0 Å². The van der Waals surface area contributed by atoms with E-state index in [2.05, 4.69) is 22.1 Å². The minimum absolute atomic E-state index is 0.169. The number of fused-ring (bicyclic) bond motifs is 4. The Labute approximate surface area is 143 Å². The van der Waals surface area contributed by atoms with Crippen LogP contribution in [-0.4, -0.2) is 9.97 Å². The van der Waals surface area contributed by atoms with Crippen LogP contribution in [0.5, 0.6) is 11.6 Å². The second-order valence-electron chi connectivity index (χ2n) is 6.09. The molecule has 0 spiro atoms. The lowest BCUT2D eigenvalue weighted by Crippen LogP contribution is -2.23. The molecule has 25 heavy (non-hydrogen) atoms. The van der Waals surface area contributed by atoms with E-state index in [1.807, 2.05) is 54.6 Å². The summed E-state index contributed by atoms with van der Waals surface area (Å²) in [7, 11) is 0. The van der Waals surface area contributed by atoms with Crippen LogP contribution in [0, 0.1) is 0 Å². The SMILES string of the molecule is O=c1[nH]cnc2c1C(c1ccccc1)c1c(ccc3ccccc13)O2. The lowest BCUT2D eigenvalue weighted by molar-refractivity contribution is 0.431. The highest BCUT2D eigenvalue weighted by molar-refractivity contribution is 5.90. The lowest BCUT2D eigenvalue weighted by atomic mass is 9.81. The molecule has 4 nitrogen and oxygen atoms in total. The predicted octanol–water partition coefficient (Wildman–Crippen LogP) is 4.21. The van der Waals surface area contributed by atoms with Crippen LogP contribution in [0.2, 0.25) is 0 Å². The molecule has 4 aromatic rings. The molecule has 4 heteroatoms. The molecule has 1 unspecified atom stereocenters. The zero-order valence-corrected chi connectivity index (χ0v) is 13.3. The van der Waals surface area contributed by atoms with Crippen LogP contribution in [0.4, 0.5) is 0 Å². The topological polar surface area (TPSA) is 55.0 Å². The number of nitrogens with one attached hydrogen (secondary N) is 1. The minimum atomic E-state index is -0.219. The summed E-state index contributed by atoms with van der Waals surface area (Å²) in [6, 6.07) is 22.2. The van der Waals surface area contributed by atoms with Crippen molar-refractivity contribution >= 4 is 10.8 Å².